The third-order valence-electron chi connectivity index (χ3n) is 4.25. The maximum Gasteiger partial charge on any atom is 0.253 e. The average Bonchev–Trinajstić information content (AvgIpc) is 2.61. The smallest absolute Gasteiger partial charge is 0.253 e. The molecule has 0 heterocycles. The van der Waals surface area contributed by atoms with Crippen LogP contribution in [0.5, 0.6) is 11.5 Å². The van der Waals surface area contributed by atoms with Gasteiger partial charge in [-0.1, -0.05) is 6.07 Å². The fraction of sp³-hybridized carbons (Fsp3) is 0.409. The van der Waals surface area contributed by atoms with Crippen molar-refractivity contribution in [2.75, 3.05) is 19.7 Å². The molecule has 4 heteroatoms. The second kappa shape index (κ2) is 9.27. The van der Waals surface area contributed by atoms with Crippen LogP contribution < -0.4 is 9.47 Å². The van der Waals surface area contributed by atoms with E-state index in [9.17, 15) is 4.79 Å². The molecule has 1 amide bonds. The Morgan fingerprint density at radius 1 is 0.923 bits per heavy atom. The summed E-state index contributed by atoms with van der Waals surface area (Å²) in [6.45, 7) is 12.3. The Bertz CT molecular complexity index is 731. The van der Waals surface area contributed by atoms with Gasteiger partial charge >= 0.3 is 0 Å². The van der Waals surface area contributed by atoms with Crippen LogP contribution in [0.2, 0.25) is 0 Å². The molecule has 2 aromatic rings. The lowest BCUT2D eigenvalue weighted by Crippen LogP contribution is -2.30. The van der Waals surface area contributed by atoms with Gasteiger partial charge in [-0.15, -0.1) is 0 Å². The molecule has 0 radical (unpaired) electrons. The van der Waals surface area contributed by atoms with Gasteiger partial charge < -0.3 is 14.4 Å². The Kier molecular flexibility index (Phi) is 7.07. The molecule has 2 aromatic carbocycles. The molecule has 0 N–H and O–H groups in total. The van der Waals surface area contributed by atoms with E-state index in [0.29, 0.717) is 31.9 Å². The molecular formula is C22H29NO3. The molecule has 4 nitrogen and oxygen atoms in total. The van der Waals surface area contributed by atoms with Gasteiger partial charge in [-0.25, -0.2) is 0 Å². The normalized spacial score (nSPS) is 10.5. The van der Waals surface area contributed by atoms with Gasteiger partial charge in [0.25, 0.3) is 5.91 Å². The van der Waals surface area contributed by atoms with E-state index in [4.69, 9.17) is 9.47 Å². The van der Waals surface area contributed by atoms with E-state index in [1.54, 1.807) is 0 Å². The summed E-state index contributed by atoms with van der Waals surface area (Å²) < 4.78 is 11.7. The van der Waals surface area contributed by atoms with E-state index in [1.165, 1.54) is 0 Å². The molecule has 0 unspecified atom stereocenters. The first-order valence-corrected chi connectivity index (χ1v) is 9.24. The summed E-state index contributed by atoms with van der Waals surface area (Å²) in [6, 6.07) is 11.7. The van der Waals surface area contributed by atoms with Crippen molar-refractivity contribution in [3.63, 3.8) is 0 Å². The molecule has 0 bridgehead atoms. The van der Waals surface area contributed by atoms with E-state index in [-0.39, 0.29) is 5.91 Å². The highest BCUT2D eigenvalue weighted by molar-refractivity contribution is 5.94. The summed E-state index contributed by atoms with van der Waals surface area (Å²) in [7, 11) is 0. The standard InChI is InChI=1S/C22H29NO3/c1-6-23(7-2)22(24)18-9-10-21(25-8-3)19(14-18)15-26-20-12-16(4)11-17(5)13-20/h9-14H,6-8,15H2,1-5H3. The van der Waals surface area contributed by atoms with Crippen LogP contribution in [0.4, 0.5) is 0 Å². The predicted octanol–water partition coefficient (Wildman–Crippen LogP) is 4.76. The van der Waals surface area contributed by atoms with Crippen LogP contribution in [0.15, 0.2) is 36.4 Å². The van der Waals surface area contributed by atoms with Gasteiger partial charge in [0, 0.05) is 24.2 Å². The summed E-state index contributed by atoms with van der Waals surface area (Å²) in [6.07, 6.45) is 0. The van der Waals surface area contributed by atoms with E-state index in [0.717, 1.165) is 28.2 Å². The number of aryl methyl sites for hydroxylation is 2. The van der Waals surface area contributed by atoms with Crippen LogP contribution in [0.3, 0.4) is 0 Å². The highest BCUT2D eigenvalue weighted by Crippen LogP contribution is 2.24. The van der Waals surface area contributed by atoms with Gasteiger partial charge in [0.2, 0.25) is 0 Å². The molecule has 0 aromatic heterocycles. The molecule has 0 aliphatic rings. The van der Waals surface area contributed by atoms with Crippen LogP contribution in [-0.2, 0) is 6.61 Å². The number of hydrogen-bond acceptors (Lipinski definition) is 3. The number of benzene rings is 2. The third-order valence-corrected chi connectivity index (χ3v) is 4.25. The lowest BCUT2D eigenvalue weighted by molar-refractivity contribution is 0.0772. The molecule has 0 atom stereocenters. The minimum atomic E-state index is 0.0331. The maximum absolute atomic E-state index is 12.6. The van der Waals surface area contributed by atoms with Gasteiger partial charge in [-0.2, -0.15) is 0 Å². The van der Waals surface area contributed by atoms with Crippen molar-refractivity contribution >= 4 is 5.91 Å². The van der Waals surface area contributed by atoms with E-state index in [2.05, 4.69) is 19.9 Å². The zero-order chi connectivity index (χ0) is 19.1. The average molecular weight is 355 g/mol. The molecule has 0 saturated carbocycles. The summed E-state index contributed by atoms with van der Waals surface area (Å²) in [5.74, 6) is 1.61. The Hall–Kier alpha value is -2.49. The van der Waals surface area contributed by atoms with E-state index in [1.807, 2.05) is 56.0 Å². The van der Waals surface area contributed by atoms with Crippen molar-refractivity contribution in [1.29, 1.82) is 0 Å². The zero-order valence-corrected chi connectivity index (χ0v) is 16.5. The highest BCUT2D eigenvalue weighted by Gasteiger charge is 2.15. The summed E-state index contributed by atoms with van der Waals surface area (Å²) in [5, 5.41) is 0. The Labute approximate surface area is 156 Å². The molecule has 0 fully saturated rings. The molecule has 26 heavy (non-hydrogen) atoms. The van der Waals surface area contributed by atoms with Crippen LogP contribution >= 0.6 is 0 Å². The van der Waals surface area contributed by atoms with Crippen LogP contribution in [-0.4, -0.2) is 30.5 Å². The van der Waals surface area contributed by atoms with Crippen molar-refractivity contribution in [3.8, 4) is 11.5 Å². The summed E-state index contributed by atoms with van der Waals surface area (Å²) in [5.41, 5.74) is 3.87. The predicted molar refractivity (Wildman–Crippen MR) is 105 cm³/mol. The van der Waals surface area contributed by atoms with Crippen molar-refractivity contribution in [1.82, 2.24) is 4.90 Å². The van der Waals surface area contributed by atoms with Crippen LogP contribution in [0.25, 0.3) is 0 Å². The molecular weight excluding hydrogens is 326 g/mol. The zero-order valence-electron chi connectivity index (χ0n) is 16.5. The monoisotopic (exact) mass is 355 g/mol. The Morgan fingerprint density at radius 3 is 2.15 bits per heavy atom. The minimum absolute atomic E-state index is 0.0331. The number of carbonyl (C=O) groups excluding carboxylic acids is 1. The number of ether oxygens (including phenoxy) is 2. The third kappa shape index (κ3) is 5.01. The maximum atomic E-state index is 12.6. The molecule has 0 spiro atoms. The summed E-state index contributed by atoms with van der Waals surface area (Å²) >= 11 is 0. The van der Waals surface area contributed by atoms with Crippen LogP contribution in [0, 0.1) is 13.8 Å². The first kappa shape index (κ1) is 19.8. The van der Waals surface area contributed by atoms with E-state index >= 15 is 0 Å². The molecule has 140 valence electrons. The molecule has 0 aliphatic carbocycles. The van der Waals surface area contributed by atoms with Gasteiger partial charge in [0.1, 0.15) is 18.1 Å². The first-order valence-electron chi connectivity index (χ1n) is 9.24. The lowest BCUT2D eigenvalue weighted by Gasteiger charge is -2.20. The van der Waals surface area contributed by atoms with Crippen molar-refractivity contribution in [3.05, 3.63) is 58.7 Å². The van der Waals surface area contributed by atoms with Gasteiger partial charge in [-0.3, -0.25) is 4.79 Å². The first-order chi connectivity index (χ1) is 12.5. The topological polar surface area (TPSA) is 38.8 Å². The fourth-order valence-electron chi connectivity index (χ4n) is 2.99. The second-order valence-corrected chi connectivity index (χ2v) is 6.35. The van der Waals surface area contributed by atoms with E-state index < -0.39 is 0 Å². The number of nitrogens with zero attached hydrogens (tertiary/aromatic N) is 1. The Balaban J connectivity index is 2.26. The minimum Gasteiger partial charge on any atom is -0.493 e. The van der Waals surface area contributed by atoms with Crippen molar-refractivity contribution < 1.29 is 14.3 Å². The number of amides is 1. The van der Waals surface area contributed by atoms with Crippen molar-refractivity contribution in [2.45, 2.75) is 41.2 Å². The quantitative estimate of drug-likeness (QED) is 0.685. The molecule has 0 aliphatic heterocycles. The number of hydrogen-bond donors (Lipinski definition) is 0. The second-order valence-electron chi connectivity index (χ2n) is 6.35. The Morgan fingerprint density at radius 2 is 1.58 bits per heavy atom. The fourth-order valence-corrected chi connectivity index (χ4v) is 2.99. The highest BCUT2D eigenvalue weighted by atomic mass is 16.5. The van der Waals surface area contributed by atoms with Gasteiger partial charge in [0.05, 0.1) is 6.61 Å². The molecule has 2 rings (SSSR count). The lowest BCUT2D eigenvalue weighted by atomic mass is 10.1. The largest absolute Gasteiger partial charge is 0.493 e. The van der Waals surface area contributed by atoms with Crippen LogP contribution in [0.1, 0.15) is 47.8 Å². The van der Waals surface area contributed by atoms with Crippen molar-refractivity contribution in [2.24, 2.45) is 0 Å². The van der Waals surface area contributed by atoms with Gasteiger partial charge in [0.15, 0.2) is 0 Å². The van der Waals surface area contributed by atoms with Gasteiger partial charge in [-0.05, 0) is 76.1 Å². The molecule has 0 saturated heterocycles. The number of carbonyl (C=O) groups is 1. The summed E-state index contributed by atoms with van der Waals surface area (Å²) in [4.78, 5) is 14.4. The SMILES string of the molecule is CCOc1ccc(C(=O)N(CC)CC)cc1COc1cc(C)cc(C)c1. The number of rotatable bonds is 8.